The van der Waals surface area contributed by atoms with Crippen molar-refractivity contribution in [2.24, 2.45) is 17.2 Å². The molecule has 6 N–H and O–H groups in total. The Kier molecular flexibility index (Phi) is 24.8. The summed E-state index contributed by atoms with van der Waals surface area (Å²) in [5.41, 5.74) is 17.3. The normalized spacial score (nSPS) is 11.6. The van der Waals surface area contributed by atoms with Gasteiger partial charge in [0.25, 0.3) is 0 Å². The predicted octanol–water partition coefficient (Wildman–Crippen LogP) is 6.81. The van der Waals surface area contributed by atoms with Crippen LogP contribution >= 0.6 is 0 Å². The summed E-state index contributed by atoms with van der Waals surface area (Å²) in [4.78, 5) is 0. The molecule has 0 atom stereocenters. The van der Waals surface area contributed by atoms with Crippen molar-refractivity contribution >= 4 is 0 Å². The molecule has 0 bridgehead atoms. The van der Waals surface area contributed by atoms with Crippen LogP contribution in [-0.2, 0) is 0 Å². The van der Waals surface area contributed by atoms with Crippen LogP contribution in [0.5, 0.6) is 0 Å². The summed E-state index contributed by atoms with van der Waals surface area (Å²) in [5.74, 6) is 0. The van der Waals surface area contributed by atoms with Crippen molar-refractivity contribution < 1.29 is 0 Å². The average Bonchev–Trinajstić information content (AvgIpc) is 2.70. The molecule has 28 heavy (non-hydrogen) atoms. The highest BCUT2D eigenvalue weighted by atomic mass is 14.6. The molecule has 0 rings (SSSR count). The van der Waals surface area contributed by atoms with E-state index in [1.807, 2.05) is 0 Å². The highest BCUT2D eigenvalue weighted by molar-refractivity contribution is 4.62. The lowest BCUT2D eigenvalue weighted by atomic mass is 10.00. The lowest BCUT2D eigenvalue weighted by Crippen LogP contribution is -2.19. The Morgan fingerprint density at radius 3 is 0.786 bits per heavy atom. The number of rotatable bonds is 24. The Labute approximate surface area is 178 Å². The van der Waals surface area contributed by atoms with Gasteiger partial charge < -0.3 is 17.2 Å². The van der Waals surface area contributed by atoms with Gasteiger partial charge >= 0.3 is 0 Å². The second-order valence-corrected chi connectivity index (χ2v) is 8.99. The molecule has 0 unspecified atom stereocenters. The fourth-order valence-electron chi connectivity index (χ4n) is 4.07. The Hall–Kier alpha value is -0.120. The van der Waals surface area contributed by atoms with Gasteiger partial charge in [0, 0.05) is 6.04 Å². The molecule has 0 aliphatic rings. The van der Waals surface area contributed by atoms with Gasteiger partial charge in [-0.25, -0.2) is 0 Å². The van der Waals surface area contributed by atoms with E-state index in [1.54, 1.807) is 0 Å². The molecule has 0 amide bonds. The van der Waals surface area contributed by atoms with Crippen molar-refractivity contribution in [3.63, 3.8) is 0 Å². The zero-order valence-corrected chi connectivity index (χ0v) is 19.3. The molecule has 0 aromatic heterocycles. The van der Waals surface area contributed by atoms with E-state index in [4.69, 9.17) is 17.2 Å². The zero-order chi connectivity index (χ0) is 20.5. The van der Waals surface area contributed by atoms with Crippen LogP contribution in [0.1, 0.15) is 141 Å². The van der Waals surface area contributed by atoms with Gasteiger partial charge in [0.2, 0.25) is 0 Å². The lowest BCUT2D eigenvalue weighted by molar-refractivity contribution is 0.478. The number of nitrogens with two attached hydrogens (primary N) is 3. The Morgan fingerprint density at radius 1 is 0.321 bits per heavy atom. The summed E-state index contributed by atoms with van der Waals surface area (Å²) in [6, 6.07) is 0.449. The first-order chi connectivity index (χ1) is 13.8. The van der Waals surface area contributed by atoms with Crippen molar-refractivity contribution in [2.75, 3.05) is 13.1 Å². The second kappa shape index (κ2) is 24.9. The standard InChI is InChI=1S/C25H55N3/c26-23-19-15-11-7-3-1-5-9-13-17-21-25(28)22-18-14-10-6-2-4-8-12-16-20-24-27/h25H,1-24,26-28H2. The fourth-order valence-corrected chi connectivity index (χ4v) is 4.07. The van der Waals surface area contributed by atoms with E-state index >= 15 is 0 Å². The van der Waals surface area contributed by atoms with Gasteiger partial charge in [0.15, 0.2) is 0 Å². The van der Waals surface area contributed by atoms with Crippen LogP contribution < -0.4 is 17.2 Å². The highest BCUT2D eigenvalue weighted by Gasteiger charge is 2.02. The Balaban J connectivity index is 3.12. The molecule has 0 aromatic rings. The van der Waals surface area contributed by atoms with Crippen LogP contribution in [-0.4, -0.2) is 19.1 Å². The molecule has 0 heterocycles. The van der Waals surface area contributed by atoms with E-state index in [1.165, 1.54) is 141 Å². The van der Waals surface area contributed by atoms with E-state index in [9.17, 15) is 0 Å². The van der Waals surface area contributed by atoms with Gasteiger partial charge in [-0.15, -0.1) is 0 Å². The third kappa shape index (κ3) is 23.9. The summed E-state index contributed by atoms with van der Waals surface area (Å²) in [7, 11) is 0. The Bertz CT molecular complexity index is 245. The predicted molar refractivity (Wildman–Crippen MR) is 128 cm³/mol. The number of unbranched alkanes of at least 4 members (excludes halogenated alkanes) is 18. The minimum Gasteiger partial charge on any atom is -0.330 e. The lowest BCUT2D eigenvalue weighted by Gasteiger charge is -2.11. The van der Waals surface area contributed by atoms with E-state index in [-0.39, 0.29) is 0 Å². The van der Waals surface area contributed by atoms with Gasteiger partial charge in [-0.1, -0.05) is 116 Å². The molecule has 0 aliphatic carbocycles. The molecule has 3 nitrogen and oxygen atoms in total. The molecule has 3 heteroatoms. The molecular weight excluding hydrogens is 342 g/mol. The van der Waals surface area contributed by atoms with Gasteiger partial charge in [-0.3, -0.25) is 0 Å². The molecule has 0 saturated carbocycles. The van der Waals surface area contributed by atoms with Crippen LogP contribution in [0.4, 0.5) is 0 Å². The van der Waals surface area contributed by atoms with E-state index in [0.29, 0.717) is 6.04 Å². The maximum atomic E-state index is 6.30. The molecule has 0 spiro atoms. The minimum atomic E-state index is 0.449. The van der Waals surface area contributed by atoms with Crippen LogP contribution in [0, 0.1) is 0 Å². The van der Waals surface area contributed by atoms with Crippen molar-refractivity contribution in [1.82, 2.24) is 0 Å². The van der Waals surface area contributed by atoms with Gasteiger partial charge in [-0.05, 0) is 38.8 Å². The molecule has 0 fully saturated rings. The second-order valence-electron chi connectivity index (χ2n) is 8.99. The quantitative estimate of drug-likeness (QED) is 0.156. The smallest absolute Gasteiger partial charge is 0.00388 e. The van der Waals surface area contributed by atoms with Crippen LogP contribution in [0.15, 0.2) is 0 Å². The van der Waals surface area contributed by atoms with E-state index < -0.39 is 0 Å². The molecule has 170 valence electrons. The number of hydrogen-bond donors (Lipinski definition) is 3. The largest absolute Gasteiger partial charge is 0.330 e. The summed E-state index contributed by atoms with van der Waals surface area (Å²) < 4.78 is 0. The van der Waals surface area contributed by atoms with Gasteiger partial charge in [0.05, 0.1) is 0 Å². The Morgan fingerprint density at radius 2 is 0.536 bits per heavy atom. The monoisotopic (exact) mass is 397 g/mol. The van der Waals surface area contributed by atoms with E-state index in [0.717, 1.165) is 13.1 Å². The molecule has 0 radical (unpaired) electrons. The summed E-state index contributed by atoms with van der Waals surface area (Å²) in [5, 5.41) is 0. The van der Waals surface area contributed by atoms with Crippen molar-refractivity contribution in [3.05, 3.63) is 0 Å². The topological polar surface area (TPSA) is 78.1 Å². The maximum absolute atomic E-state index is 6.30. The summed E-state index contributed by atoms with van der Waals surface area (Å²) in [6.45, 7) is 1.72. The highest BCUT2D eigenvalue weighted by Crippen LogP contribution is 2.15. The third-order valence-electron chi connectivity index (χ3n) is 6.06. The summed E-state index contributed by atoms with van der Waals surface area (Å²) >= 11 is 0. The first-order valence-corrected chi connectivity index (χ1v) is 13.0. The minimum absolute atomic E-state index is 0.449. The van der Waals surface area contributed by atoms with Crippen molar-refractivity contribution in [3.8, 4) is 0 Å². The zero-order valence-electron chi connectivity index (χ0n) is 19.3. The van der Waals surface area contributed by atoms with E-state index in [2.05, 4.69) is 0 Å². The molecular formula is C25H55N3. The van der Waals surface area contributed by atoms with Gasteiger partial charge in [0.1, 0.15) is 0 Å². The van der Waals surface area contributed by atoms with Crippen LogP contribution in [0.25, 0.3) is 0 Å². The van der Waals surface area contributed by atoms with Crippen LogP contribution in [0.2, 0.25) is 0 Å². The SMILES string of the molecule is NCCCCCCCCCCCCC(N)CCCCCCCCCCCCN. The maximum Gasteiger partial charge on any atom is 0.00388 e. The average molecular weight is 398 g/mol. The first kappa shape index (κ1) is 27.9. The van der Waals surface area contributed by atoms with Crippen molar-refractivity contribution in [2.45, 2.75) is 147 Å². The molecule has 0 aliphatic heterocycles. The van der Waals surface area contributed by atoms with Gasteiger partial charge in [-0.2, -0.15) is 0 Å². The molecule has 0 saturated heterocycles. The van der Waals surface area contributed by atoms with Crippen molar-refractivity contribution in [1.29, 1.82) is 0 Å². The summed E-state index contributed by atoms with van der Waals surface area (Å²) in [6.07, 6.45) is 29.8. The first-order valence-electron chi connectivity index (χ1n) is 13.0. The third-order valence-corrected chi connectivity index (χ3v) is 6.06. The fraction of sp³-hybridized carbons (Fsp3) is 1.00. The number of hydrogen-bond acceptors (Lipinski definition) is 3. The van der Waals surface area contributed by atoms with Crippen LogP contribution in [0.3, 0.4) is 0 Å². The molecule has 0 aromatic carbocycles.